The van der Waals surface area contributed by atoms with Crippen molar-refractivity contribution in [2.75, 3.05) is 13.7 Å². The first kappa shape index (κ1) is 11.5. The summed E-state index contributed by atoms with van der Waals surface area (Å²) in [4.78, 5) is 10.8. The van der Waals surface area contributed by atoms with E-state index in [1.54, 1.807) is 0 Å². The summed E-state index contributed by atoms with van der Waals surface area (Å²) in [6.07, 6.45) is 0. The Kier molecular flexibility index (Phi) is 3.62. The van der Waals surface area contributed by atoms with Gasteiger partial charge in [-0.1, -0.05) is 6.07 Å². The highest BCUT2D eigenvalue weighted by atomic mass is 19.1. The lowest BCUT2D eigenvalue weighted by Crippen LogP contribution is -2.22. The van der Waals surface area contributed by atoms with Crippen LogP contribution in [0.3, 0.4) is 0 Å². The summed E-state index contributed by atoms with van der Waals surface area (Å²) < 4.78 is 18.2. The molecule has 1 atom stereocenters. The van der Waals surface area contributed by atoms with Crippen LogP contribution in [0.5, 0.6) is 5.75 Å². The molecule has 4 nitrogen and oxygen atoms in total. The molecular formula is C10H12FNO3. The number of methoxy groups -OCH3 is 1. The smallest absolute Gasteiger partial charge is 0.312 e. The van der Waals surface area contributed by atoms with E-state index in [-0.39, 0.29) is 12.1 Å². The minimum Gasteiger partial charge on any atom is -0.497 e. The standard InChI is InChI=1S/C10H12FNO3/c1-15-6-2-3-7(9(11)4-6)8(5-12)10(13)14/h2-4,8H,5,12H2,1H3,(H,13,14). The predicted octanol–water partition coefficient (Wildman–Crippen LogP) is 0.961. The Balaban J connectivity index is 3.08. The van der Waals surface area contributed by atoms with Crippen LogP contribution in [0.1, 0.15) is 11.5 Å². The van der Waals surface area contributed by atoms with Gasteiger partial charge in [-0.2, -0.15) is 0 Å². The topological polar surface area (TPSA) is 72.5 Å². The third kappa shape index (κ3) is 2.44. The van der Waals surface area contributed by atoms with Crippen LogP contribution >= 0.6 is 0 Å². The Bertz CT molecular complexity index is 368. The monoisotopic (exact) mass is 213 g/mol. The Hall–Kier alpha value is -1.62. The van der Waals surface area contributed by atoms with Crippen LogP contribution in [0.25, 0.3) is 0 Å². The fourth-order valence-corrected chi connectivity index (χ4v) is 1.28. The first-order chi connectivity index (χ1) is 7.10. The van der Waals surface area contributed by atoms with Crippen molar-refractivity contribution in [3.05, 3.63) is 29.6 Å². The highest BCUT2D eigenvalue weighted by molar-refractivity contribution is 5.76. The maximum absolute atomic E-state index is 13.4. The van der Waals surface area contributed by atoms with Crippen molar-refractivity contribution < 1.29 is 19.0 Å². The second-order valence-corrected chi connectivity index (χ2v) is 3.01. The maximum Gasteiger partial charge on any atom is 0.312 e. The first-order valence-corrected chi connectivity index (χ1v) is 4.36. The number of carboxylic acids is 1. The van der Waals surface area contributed by atoms with Crippen molar-refractivity contribution in [3.8, 4) is 5.75 Å². The quantitative estimate of drug-likeness (QED) is 0.781. The van der Waals surface area contributed by atoms with Gasteiger partial charge in [0.2, 0.25) is 0 Å². The normalized spacial score (nSPS) is 12.2. The molecule has 0 aromatic heterocycles. The molecule has 0 radical (unpaired) electrons. The Morgan fingerprint density at radius 2 is 2.33 bits per heavy atom. The predicted molar refractivity (Wildman–Crippen MR) is 52.4 cm³/mol. The molecular weight excluding hydrogens is 201 g/mol. The molecule has 1 rings (SSSR count). The van der Waals surface area contributed by atoms with E-state index in [9.17, 15) is 9.18 Å². The number of rotatable bonds is 4. The molecule has 82 valence electrons. The lowest BCUT2D eigenvalue weighted by molar-refractivity contribution is -0.138. The fourth-order valence-electron chi connectivity index (χ4n) is 1.28. The number of hydrogen-bond acceptors (Lipinski definition) is 3. The molecule has 0 bridgehead atoms. The number of aliphatic carboxylic acids is 1. The number of carboxylic acid groups (broad SMARTS) is 1. The van der Waals surface area contributed by atoms with Crippen LogP contribution in [-0.4, -0.2) is 24.7 Å². The van der Waals surface area contributed by atoms with E-state index in [0.717, 1.165) is 6.07 Å². The summed E-state index contributed by atoms with van der Waals surface area (Å²) in [6, 6.07) is 4.02. The number of ether oxygens (including phenoxy) is 1. The molecule has 5 heteroatoms. The van der Waals surface area contributed by atoms with Crippen LogP contribution in [0.4, 0.5) is 4.39 Å². The second-order valence-electron chi connectivity index (χ2n) is 3.01. The summed E-state index contributed by atoms with van der Waals surface area (Å²) in [5.74, 6) is -2.43. The highest BCUT2D eigenvalue weighted by Crippen LogP contribution is 2.22. The first-order valence-electron chi connectivity index (χ1n) is 4.36. The van der Waals surface area contributed by atoms with Gasteiger partial charge in [0, 0.05) is 18.2 Å². The lowest BCUT2D eigenvalue weighted by atomic mass is 9.99. The van der Waals surface area contributed by atoms with Gasteiger partial charge in [0.05, 0.1) is 13.0 Å². The molecule has 0 saturated heterocycles. The van der Waals surface area contributed by atoms with Crippen molar-refractivity contribution in [3.63, 3.8) is 0 Å². The third-order valence-electron chi connectivity index (χ3n) is 2.12. The van der Waals surface area contributed by atoms with E-state index in [2.05, 4.69) is 0 Å². The van der Waals surface area contributed by atoms with E-state index in [0.29, 0.717) is 5.75 Å². The molecule has 0 heterocycles. The summed E-state index contributed by atoms with van der Waals surface area (Å²) >= 11 is 0. The fraction of sp³-hybridized carbons (Fsp3) is 0.300. The van der Waals surface area contributed by atoms with Crippen LogP contribution < -0.4 is 10.5 Å². The van der Waals surface area contributed by atoms with Gasteiger partial charge in [-0.15, -0.1) is 0 Å². The molecule has 0 saturated carbocycles. The van der Waals surface area contributed by atoms with Crippen molar-refractivity contribution in [2.45, 2.75) is 5.92 Å². The molecule has 0 spiro atoms. The number of hydrogen-bond donors (Lipinski definition) is 2. The number of benzene rings is 1. The van der Waals surface area contributed by atoms with Crippen molar-refractivity contribution >= 4 is 5.97 Å². The summed E-state index contributed by atoms with van der Waals surface area (Å²) in [7, 11) is 1.41. The van der Waals surface area contributed by atoms with Gasteiger partial charge in [-0.05, 0) is 6.07 Å². The zero-order valence-corrected chi connectivity index (χ0v) is 8.24. The summed E-state index contributed by atoms with van der Waals surface area (Å²) in [5.41, 5.74) is 5.34. The Labute approximate surface area is 86.5 Å². The van der Waals surface area contributed by atoms with Gasteiger partial charge in [0.25, 0.3) is 0 Å². The Morgan fingerprint density at radius 1 is 1.67 bits per heavy atom. The molecule has 0 aliphatic rings. The molecule has 15 heavy (non-hydrogen) atoms. The number of nitrogens with two attached hydrogens (primary N) is 1. The van der Waals surface area contributed by atoms with Crippen LogP contribution in [0.2, 0.25) is 0 Å². The number of carbonyl (C=O) groups is 1. The average Bonchev–Trinajstić information content (AvgIpc) is 2.20. The average molecular weight is 213 g/mol. The largest absolute Gasteiger partial charge is 0.497 e. The zero-order valence-electron chi connectivity index (χ0n) is 8.24. The van der Waals surface area contributed by atoms with Crippen LogP contribution in [-0.2, 0) is 4.79 Å². The Morgan fingerprint density at radius 3 is 2.73 bits per heavy atom. The molecule has 3 N–H and O–H groups in total. The molecule has 1 aromatic rings. The lowest BCUT2D eigenvalue weighted by Gasteiger charge is -2.11. The second kappa shape index (κ2) is 4.75. The van der Waals surface area contributed by atoms with Crippen LogP contribution in [0, 0.1) is 5.82 Å². The number of halogens is 1. The highest BCUT2D eigenvalue weighted by Gasteiger charge is 2.21. The van der Waals surface area contributed by atoms with E-state index in [1.165, 1.54) is 19.2 Å². The molecule has 0 aliphatic heterocycles. The summed E-state index contributed by atoms with van der Waals surface area (Å²) in [5, 5.41) is 8.80. The van der Waals surface area contributed by atoms with Gasteiger partial charge >= 0.3 is 5.97 Å². The van der Waals surface area contributed by atoms with E-state index >= 15 is 0 Å². The van der Waals surface area contributed by atoms with E-state index < -0.39 is 17.7 Å². The molecule has 0 fully saturated rings. The van der Waals surface area contributed by atoms with Gasteiger partial charge in [0.1, 0.15) is 11.6 Å². The third-order valence-corrected chi connectivity index (χ3v) is 2.12. The summed E-state index contributed by atoms with van der Waals surface area (Å²) in [6.45, 7) is -0.140. The minimum atomic E-state index is -1.14. The van der Waals surface area contributed by atoms with Crippen molar-refractivity contribution in [1.29, 1.82) is 0 Å². The van der Waals surface area contributed by atoms with Crippen molar-refractivity contribution in [2.24, 2.45) is 5.73 Å². The molecule has 1 unspecified atom stereocenters. The van der Waals surface area contributed by atoms with Crippen molar-refractivity contribution in [1.82, 2.24) is 0 Å². The SMILES string of the molecule is COc1ccc(C(CN)C(=O)O)c(F)c1. The van der Waals surface area contributed by atoms with Crippen LogP contribution in [0.15, 0.2) is 18.2 Å². The van der Waals surface area contributed by atoms with Gasteiger partial charge < -0.3 is 15.6 Å². The van der Waals surface area contributed by atoms with E-state index in [1.807, 2.05) is 0 Å². The molecule has 0 amide bonds. The molecule has 1 aromatic carbocycles. The molecule has 0 aliphatic carbocycles. The van der Waals surface area contributed by atoms with Gasteiger partial charge in [0.15, 0.2) is 0 Å². The zero-order chi connectivity index (χ0) is 11.4. The van der Waals surface area contributed by atoms with E-state index in [4.69, 9.17) is 15.6 Å². The minimum absolute atomic E-state index is 0.0748. The maximum atomic E-state index is 13.4. The van der Waals surface area contributed by atoms with Gasteiger partial charge in [-0.3, -0.25) is 4.79 Å². The van der Waals surface area contributed by atoms with Gasteiger partial charge in [-0.25, -0.2) is 4.39 Å².